The van der Waals surface area contributed by atoms with Crippen molar-refractivity contribution in [1.29, 1.82) is 0 Å². The van der Waals surface area contributed by atoms with Crippen LogP contribution >= 0.6 is 11.8 Å². The fourth-order valence-corrected chi connectivity index (χ4v) is 1.50. The van der Waals surface area contributed by atoms with E-state index in [2.05, 4.69) is 0 Å². The summed E-state index contributed by atoms with van der Waals surface area (Å²) in [6, 6.07) is 5.23. The van der Waals surface area contributed by atoms with Crippen LogP contribution in [0.4, 0.5) is 0 Å². The van der Waals surface area contributed by atoms with Gasteiger partial charge >= 0.3 is 0 Å². The molecule has 0 fully saturated rings. The van der Waals surface area contributed by atoms with Crippen LogP contribution in [0.3, 0.4) is 0 Å². The number of benzene rings is 1. The van der Waals surface area contributed by atoms with Crippen molar-refractivity contribution in [2.45, 2.75) is 4.90 Å². The van der Waals surface area contributed by atoms with Gasteiger partial charge in [0.05, 0.1) is 12.0 Å². The molecule has 0 spiro atoms. The average Bonchev–Trinajstić information content (AvgIpc) is 2.04. The highest BCUT2D eigenvalue weighted by Crippen LogP contribution is 2.34. The molecule has 1 N–H and O–H groups in total. The molecule has 2 nitrogen and oxygen atoms in total. The van der Waals surface area contributed by atoms with Gasteiger partial charge in [0.1, 0.15) is 11.5 Å². The Labute approximate surface area is 70.2 Å². The molecule has 0 aliphatic carbocycles. The molecule has 0 radical (unpaired) electrons. The minimum atomic E-state index is 0.275. The summed E-state index contributed by atoms with van der Waals surface area (Å²) >= 11 is 1.47. The summed E-state index contributed by atoms with van der Waals surface area (Å²) in [5.74, 6) is 0.995. The van der Waals surface area contributed by atoms with Gasteiger partial charge in [0.25, 0.3) is 0 Å². The molecule has 0 aliphatic heterocycles. The standard InChI is InChI=1S/C8H10O2S/c1-10-7-5-3-4-6(9)8(7)11-2/h3-5,9H,1-2H3. The predicted molar refractivity (Wildman–Crippen MR) is 46.4 cm³/mol. The fourth-order valence-electron chi connectivity index (χ4n) is 0.870. The van der Waals surface area contributed by atoms with Crippen LogP contribution < -0.4 is 4.74 Å². The van der Waals surface area contributed by atoms with Crippen molar-refractivity contribution in [2.75, 3.05) is 13.4 Å². The van der Waals surface area contributed by atoms with E-state index in [9.17, 15) is 5.11 Å². The maximum Gasteiger partial charge on any atom is 0.136 e. The topological polar surface area (TPSA) is 29.5 Å². The van der Waals surface area contributed by atoms with Crippen molar-refractivity contribution in [2.24, 2.45) is 0 Å². The number of aromatic hydroxyl groups is 1. The van der Waals surface area contributed by atoms with Crippen LogP contribution in [-0.2, 0) is 0 Å². The predicted octanol–water partition coefficient (Wildman–Crippen LogP) is 2.12. The highest BCUT2D eigenvalue weighted by Gasteiger charge is 2.04. The Balaban J connectivity index is 3.13. The zero-order valence-corrected chi connectivity index (χ0v) is 7.31. The molecule has 0 unspecified atom stereocenters. The van der Waals surface area contributed by atoms with E-state index in [1.165, 1.54) is 11.8 Å². The van der Waals surface area contributed by atoms with Crippen LogP contribution in [0.15, 0.2) is 23.1 Å². The molecule has 3 heteroatoms. The van der Waals surface area contributed by atoms with Gasteiger partial charge in [-0.15, -0.1) is 11.8 Å². The first-order chi connectivity index (χ1) is 5.29. The molecule has 60 valence electrons. The number of phenols is 1. The van der Waals surface area contributed by atoms with Gasteiger partial charge in [-0.1, -0.05) is 6.07 Å². The van der Waals surface area contributed by atoms with Crippen LogP contribution in [0, 0.1) is 0 Å². The largest absolute Gasteiger partial charge is 0.507 e. The molecule has 11 heavy (non-hydrogen) atoms. The third-order valence-corrected chi connectivity index (χ3v) is 2.20. The summed E-state index contributed by atoms with van der Waals surface area (Å²) < 4.78 is 5.04. The monoisotopic (exact) mass is 170 g/mol. The average molecular weight is 170 g/mol. The summed E-state index contributed by atoms with van der Waals surface area (Å²) in [4.78, 5) is 0.787. The zero-order valence-electron chi connectivity index (χ0n) is 6.50. The smallest absolute Gasteiger partial charge is 0.136 e. The van der Waals surface area contributed by atoms with Crippen molar-refractivity contribution >= 4 is 11.8 Å². The lowest BCUT2D eigenvalue weighted by atomic mass is 10.3. The van der Waals surface area contributed by atoms with Gasteiger partial charge in [-0.2, -0.15) is 0 Å². The quantitative estimate of drug-likeness (QED) is 0.689. The number of thioether (sulfide) groups is 1. The van der Waals surface area contributed by atoms with Crippen molar-refractivity contribution < 1.29 is 9.84 Å². The van der Waals surface area contributed by atoms with Crippen LogP contribution in [0.5, 0.6) is 11.5 Å². The molecule has 1 rings (SSSR count). The first-order valence-corrected chi connectivity index (χ1v) is 4.42. The molecule has 0 aromatic heterocycles. The Morgan fingerprint density at radius 3 is 2.64 bits per heavy atom. The maximum absolute atomic E-state index is 9.32. The van der Waals surface area contributed by atoms with Gasteiger partial charge in [-0.05, 0) is 18.4 Å². The molecule has 0 saturated heterocycles. The van der Waals surface area contributed by atoms with Crippen molar-refractivity contribution in [1.82, 2.24) is 0 Å². The lowest BCUT2D eigenvalue weighted by Gasteiger charge is -2.06. The second-order valence-electron chi connectivity index (χ2n) is 2.01. The van der Waals surface area contributed by atoms with Gasteiger partial charge < -0.3 is 9.84 Å². The highest BCUT2D eigenvalue weighted by atomic mass is 32.2. The Kier molecular flexibility index (Phi) is 2.65. The first-order valence-electron chi connectivity index (χ1n) is 3.19. The summed E-state index contributed by atoms with van der Waals surface area (Å²) in [5, 5.41) is 9.32. The number of hydrogen-bond donors (Lipinski definition) is 1. The molecule has 0 saturated carbocycles. The van der Waals surface area contributed by atoms with E-state index >= 15 is 0 Å². The molecular weight excluding hydrogens is 160 g/mol. The molecule has 0 heterocycles. The second kappa shape index (κ2) is 3.53. The number of ether oxygens (including phenoxy) is 1. The molecule has 0 amide bonds. The lowest BCUT2D eigenvalue weighted by molar-refractivity contribution is 0.392. The second-order valence-corrected chi connectivity index (χ2v) is 2.83. The molecule has 1 aromatic rings. The minimum absolute atomic E-state index is 0.275. The number of phenolic OH excluding ortho intramolecular Hbond substituents is 1. The maximum atomic E-state index is 9.32. The number of methoxy groups -OCH3 is 1. The summed E-state index contributed by atoms with van der Waals surface area (Å²) in [7, 11) is 1.59. The highest BCUT2D eigenvalue weighted by molar-refractivity contribution is 7.98. The van der Waals surface area contributed by atoms with E-state index in [-0.39, 0.29) is 5.75 Å². The van der Waals surface area contributed by atoms with E-state index in [1.54, 1.807) is 19.2 Å². The number of hydrogen-bond acceptors (Lipinski definition) is 3. The van der Waals surface area contributed by atoms with Gasteiger partial charge in [0.15, 0.2) is 0 Å². The van der Waals surface area contributed by atoms with Gasteiger partial charge in [-0.3, -0.25) is 0 Å². The fraction of sp³-hybridized carbons (Fsp3) is 0.250. The molecule has 1 aromatic carbocycles. The molecule has 0 atom stereocenters. The lowest BCUT2D eigenvalue weighted by Crippen LogP contribution is -1.85. The Hall–Kier alpha value is -0.830. The van der Waals surface area contributed by atoms with Gasteiger partial charge in [0, 0.05) is 0 Å². The van der Waals surface area contributed by atoms with E-state index in [0.29, 0.717) is 0 Å². The van der Waals surface area contributed by atoms with Crippen molar-refractivity contribution in [3.8, 4) is 11.5 Å². The SMILES string of the molecule is COc1cccc(O)c1SC. The van der Waals surface area contributed by atoms with E-state index in [1.807, 2.05) is 12.3 Å². The number of rotatable bonds is 2. The molecule has 0 bridgehead atoms. The van der Waals surface area contributed by atoms with Crippen LogP contribution in [0.2, 0.25) is 0 Å². The van der Waals surface area contributed by atoms with E-state index in [0.717, 1.165) is 10.6 Å². The third-order valence-electron chi connectivity index (χ3n) is 1.38. The zero-order chi connectivity index (χ0) is 8.27. The van der Waals surface area contributed by atoms with E-state index < -0.39 is 0 Å². The molecular formula is C8H10O2S. The van der Waals surface area contributed by atoms with Crippen molar-refractivity contribution in [3.05, 3.63) is 18.2 Å². The van der Waals surface area contributed by atoms with Crippen LogP contribution in [0.1, 0.15) is 0 Å². The van der Waals surface area contributed by atoms with Crippen LogP contribution in [-0.4, -0.2) is 18.5 Å². The summed E-state index contributed by atoms with van der Waals surface area (Å²) in [5.41, 5.74) is 0. The summed E-state index contributed by atoms with van der Waals surface area (Å²) in [6.45, 7) is 0. The normalized spacial score (nSPS) is 9.64. The Morgan fingerprint density at radius 2 is 2.18 bits per heavy atom. The molecule has 0 aliphatic rings. The van der Waals surface area contributed by atoms with Gasteiger partial charge in [0.2, 0.25) is 0 Å². The summed E-state index contributed by atoms with van der Waals surface area (Å²) in [6.07, 6.45) is 1.90. The minimum Gasteiger partial charge on any atom is -0.507 e. The first kappa shape index (κ1) is 8.27. The van der Waals surface area contributed by atoms with Gasteiger partial charge in [-0.25, -0.2) is 0 Å². The van der Waals surface area contributed by atoms with E-state index in [4.69, 9.17) is 4.74 Å². The third kappa shape index (κ3) is 1.60. The van der Waals surface area contributed by atoms with Crippen LogP contribution in [0.25, 0.3) is 0 Å². The van der Waals surface area contributed by atoms with Crippen molar-refractivity contribution in [3.63, 3.8) is 0 Å². The Bertz CT molecular complexity index is 248. The Morgan fingerprint density at radius 1 is 1.45 bits per heavy atom.